The Kier molecular flexibility index (Phi) is 8.44. The van der Waals surface area contributed by atoms with Gasteiger partial charge in [0.2, 0.25) is 5.91 Å². The zero-order valence-electron chi connectivity index (χ0n) is 27.9. The molecule has 2 N–H and O–H groups in total. The Balaban J connectivity index is 1.07. The number of piperidine rings is 1. The smallest absolute Gasteiger partial charge is 0.410 e. The van der Waals surface area contributed by atoms with Gasteiger partial charge in [0.15, 0.2) is 23.7 Å². The molecule has 1 aromatic carbocycles. The van der Waals surface area contributed by atoms with Crippen LogP contribution in [0.2, 0.25) is 0 Å². The van der Waals surface area contributed by atoms with Crippen molar-refractivity contribution in [3.8, 4) is 11.5 Å². The lowest BCUT2D eigenvalue weighted by molar-refractivity contribution is -0.175. The first-order valence-electron chi connectivity index (χ1n) is 16.4. The lowest BCUT2D eigenvalue weighted by atomic mass is 9.50. The molecule has 0 saturated carbocycles. The molecule has 6 rings (SSSR count). The van der Waals surface area contributed by atoms with E-state index in [1.807, 2.05) is 19.2 Å². The van der Waals surface area contributed by atoms with Gasteiger partial charge in [-0.2, -0.15) is 0 Å². The number of carbonyl (C=O) groups excluding carboxylic acids is 4. The highest BCUT2D eigenvalue weighted by molar-refractivity contribution is 5.86. The van der Waals surface area contributed by atoms with E-state index in [1.165, 1.54) is 11.8 Å². The van der Waals surface area contributed by atoms with Crippen LogP contribution >= 0.6 is 0 Å². The third-order valence-electron chi connectivity index (χ3n) is 10.2. The SMILES string of the molecule is COc1ccc2c3c1O[C@H]1C(OC(=O)[C@H](C)OC(=O)CCNC(=O)[C@@H]4CCCN4C(=O)OC(C)(C)C)=CC[C@@]4(O)[C@H](C2)N(C)CC[C@]314. The van der Waals surface area contributed by atoms with E-state index >= 15 is 0 Å². The van der Waals surface area contributed by atoms with Crippen LogP contribution in [-0.2, 0) is 40.4 Å². The van der Waals surface area contributed by atoms with Crippen molar-refractivity contribution in [2.24, 2.45) is 0 Å². The second-order valence-corrected chi connectivity index (χ2v) is 14.2. The number of esters is 2. The molecule has 0 radical (unpaired) electrons. The summed E-state index contributed by atoms with van der Waals surface area (Å²) in [5, 5.41) is 15.0. The maximum Gasteiger partial charge on any atom is 0.410 e. The Hall–Kier alpha value is -3.84. The quantitative estimate of drug-likeness (QED) is 0.314. The summed E-state index contributed by atoms with van der Waals surface area (Å²) in [5.41, 5.74) is -0.657. The summed E-state index contributed by atoms with van der Waals surface area (Å²) in [7, 11) is 3.59. The fourth-order valence-electron chi connectivity index (χ4n) is 8.08. The fraction of sp³-hybridized carbons (Fsp3) is 0.647. The minimum absolute atomic E-state index is 0.0295. The summed E-state index contributed by atoms with van der Waals surface area (Å²) in [6.07, 6.45) is 1.66. The van der Waals surface area contributed by atoms with E-state index in [9.17, 15) is 24.3 Å². The molecule has 0 unspecified atom stereocenters. The molecule has 13 heteroatoms. The molecule has 47 heavy (non-hydrogen) atoms. The van der Waals surface area contributed by atoms with Gasteiger partial charge in [-0.15, -0.1) is 0 Å². The highest BCUT2D eigenvalue weighted by atomic mass is 16.6. The number of aliphatic hydroxyl groups is 1. The minimum Gasteiger partial charge on any atom is -0.493 e. The van der Waals surface area contributed by atoms with E-state index in [0.717, 1.165) is 17.7 Å². The first-order valence-corrected chi connectivity index (χ1v) is 16.4. The van der Waals surface area contributed by atoms with Gasteiger partial charge in [-0.3, -0.25) is 14.5 Å². The molecule has 2 fully saturated rings. The summed E-state index contributed by atoms with van der Waals surface area (Å²) in [5.74, 6) is -0.461. The van der Waals surface area contributed by atoms with E-state index in [2.05, 4.69) is 10.2 Å². The van der Waals surface area contributed by atoms with Crippen molar-refractivity contribution >= 4 is 23.9 Å². The third-order valence-corrected chi connectivity index (χ3v) is 10.2. The van der Waals surface area contributed by atoms with Crippen LogP contribution in [0.25, 0.3) is 0 Å². The van der Waals surface area contributed by atoms with Gasteiger partial charge in [-0.25, -0.2) is 9.59 Å². The highest BCUT2D eigenvalue weighted by Crippen LogP contribution is 2.65. The van der Waals surface area contributed by atoms with Crippen molar-refractivity contribution in [3.05, 3.63) is 35.1 Å². The number of ether oxygens (including phenoxy) is 5. The monoisotopic (exact) mass is 655 g/mol. The lowest BCUT2D eigenvalue weighted by Crippen LogP contribution is -2.74. The number of methoxy groups -OCH3 is 1. The zero-order valence-corrected chi connectivity index (χ0v) is 27.9. The van der Waals surface area contributed by atoms with E-state index in [1.54, 1.807) is 34.0 Å². The van der Waals surface area contributed by atoms with E-state index in [0.29, 0.717) is 43.7 Å². The van der Waals surface area contributed by atoms with E-state index < -0.39 is 52.9 Å². The number of carbonyl (C=O) groups is 4. The number of benzene rings is 1. The van der Waals surface area contributed by atoms with Crippen molar-refractivity contribution in [3.63, 3.8) is 0 Å². The number of likely N-dealkylation sites (N-methyl/N-ethyl adjacent to an activating group) is 1. The summed E-state index contributed by atoms with van der Waals surface area (Å²) < 4.78 is 28.8. The molecule has 5 aliphatic rings. The summed E-state index contributed by atoms with van der Waals surface area (Å²) in [4.78, 5) is 54.8. The Labute approximate surface area is 274 Å². The van der Waals surface area contributed by atoms with Crippen LogP contribution in [0.1, 0.15) is 70.9 Å². The van der Waals surface area contributed by atoms with Crippen LogP contribution in [0.3, 0.4) is 0 Å². The predicted molar refractivity (Wildman–Crippen MR) is 167 cm³/mol. The molecular formula is C34H45N3O10. The molecule has 13 nitrogen and oxygen atoms in total. The molecule has 2 aliphatic carbocycles. The number of likely N-dealkylation sites (tertiary alicyclic amines) is 2. The Morgan fingerprint density at radius 2 is 1.96 bits per heavy atom. The van der Waals surface area contributed by atoms with E-state index in [4.69, 9.17) is 23.7 Å². The normalized spacial score (nSPS) is 29.6. The van der Waals surface area contributed by atoms with Gasteiger partial charge < -0.3 is 39.0 Å². The fourth-order valence-corrected chi connectivity index (χ4v) is 8.08. The van der Waals surface area contributed by atoms with Crippen molar-refractivity contribution in [1.29, 1.82) is 0 Å². The molecule has 256 valence electrons. The lowest BCUT2D eigenvalue weighted by Gasteiger charge is -2.61. The zero-order chi connectivity index (χ0) is 33.9. The molecule has 1 spiro atoms. The van der Waals surface area contributed by atoms with Crippen LogP contribution < -0.4 is 14.8 Å². The number of hydrogen-bond acceptors (Lipinski definition) is 11. The van der Waals surface area contributed by atoms with Gasteiger partial charge in [0, 0.05) is 31.1 Å². The van der Waals surface area contributed by atoms with Gasteiger partial charge in [0.25, 0.3) is 0 Å². The second-order valence-electron chi connectivity index (χ2n) is 14.2. The standard InChI is InChI=1S/C34H45N3O10/c1-19(44-25(38)12-15-35-29(39)21-8-7-16-37(21)31(41)47-32(2,3)4)30(40)45-23-11-13-34(42)24-18-20-9-10-22(43-6)27-26(20)33(34,28(23)46-27)14-17-36(24)5/h9-11,19,21,24,28,42H,7-8,12-18H2,1-6H3,(H,35,39)/t19-,21-,24-,28-,33-,34+/m0/s1. The number of hydrogen-bond donors (Lipinski definition) is 2. The number of rotatable bonds is 8. The molecule has 2 bridgehead atoms. The third kappa shape index (κ3) is 5.50. The number of nitrogens with zero attached hydrogens (tertiary/aromatic N) is 2. The van der Waals surface area contributed by atoms with Crippen LogP contribution in [0.4, 0.5) is 4.79 Å². The average molecular weight is 656 g/mol. The molecule has 3 aliphatic heterocycles. The van der Waals surface area contributed by atoms with Crippen LogP contribution in [0, 0.1) is 0 Å². The topological polar surface area (TPSA) is 153 Å². The van der Waals surface area contributed by atoms with Gasteiger partial charge in [-0.05, 0) is 84.7 Å². The predicted octanol–water partition coefficient (Wildman–Crippen LogP) is 2.35. The molecule has 2 saturated heterocycles. The van der Waals surface area contributed by atoms with Crippen molar-refractivity contribution < 1.29 is 48.0 Å². The van der Waals surface area contributed by atoms with Gasteiger partial charge in [0.05, 0.1) is 24.5 Å². The van der Waals surface area contributed by atoms with Crippen molar-refractivity contribution in [2.75, 3.05) is 33.8 Å². The largest absolute Gasteiger partial charge is 0.493 e. The van der Waals surface area contributed by atoms with Gasteiger partial charge in [0.1, 0.15) is 17.4 Å². The number of amides is 2. The second kappa shape index (κ2) is 12.0. The molecule has 0 aromatic heterocycles. The first-order chi connectivity index (χ1) is 22.2. The van der Waals surface area contributed by atoms with Crippen LogP contribution in [0.15, 0.2) is 24.0 Å². The minimum atomic E-state index is -1.24. The van der Waals surface area contributed by atoms with Crippen LogP contribution in [0.5, 0.6) is 11.5 Å². The average Bonchev–Trinajstić information content (AvgIpc) is 3.63. The molecule has 6 atom stereocenters. The van der Waals surface area contributed by atoms with Gasteiger partial charge >= 0.3 is 18.0 Å². The molecule has 3 heterocycles. The van der Waals surface area contributed by atoms with Gasteiger partial charge in [-0.1, -0.05) is 6.07 Å². The molecular weight excluding hydrogens is 610 g/mol. The van der Waals surface area contributed by atoms with Crippen molar-refractivity contribution in [1.82, 2.24) is 15.1 Å². The highest BCUT2D eigenvalue weighted by Gasteiger charge is 2.72. The molecule has 1 aromatic rings. The Bertz CT molecular complexity index is 1500. The first kappa shape index (κ1) is 33.1. The number of nitrogens with one attached hydrogen (secondary N) is 1. The Morgan fingerprint density at radius 1 is 1.19 bits per heavy atom. The molecule has 2 amide bonds. The summed E-state index contributed by atoms with van der Waals surface area (Å²) >= 11 is 0. The summed E-state index contributed by atoms with van der Waals surface area (Å²) in [6, 6.07) is 3.07. The maximum atomic E-state index is 13.2. The Morgan fingerprint density at radius 3 is 2.68 bits per heavy atom. The summed E-state index contributed by atoms with van der Waals surface area (Å²) in [6.45, 7) is 7.82. The van der Waals surface area contributed by atoms with E-state index in [-0.39, 0.29) is 37.1 Å². The van der Waals surface area contributed by atoms with Crippen molar-refractivity contribution in [2.45, 2.75) is 107 Å². The van der Waals surface area contributed by atoms with Crippen LogP contribution in [-0.4, -0.2) is 108 Å². The maximum absolute atomic E-state index is 13.2.